The predicted molar refractivity (Wildman–Crippen MR) is 314 cm³/mol. The van der Waals surface area contributed by atoms with E-state index in [1.54, 1.807) is 0 Å². The normalized spacial score (nSPS) is 11.0. The monoisotopic (exact) mass is 944 g/mol. The fourth-order valence-electron chi connectivity index (χ4n) is 9.99. The summed E-state index contributed by atoms with van der Waals surface area (Å²) < 4.78 is 0. The Bertz CT molecular complexity index is 3490. The third kappa shape index (κ3) is 9.81. The molecule has 0 saturated carbocycles. The van der Waals surface area contributed by atoms with E-state index in [0.29, 0.717) is 0 Å². The molecule has 0 heterocycles. The first kappa shape index (κ1) is 45.4. The quantitative estimate of drug-likeness (QED) is 0.114. The molecule has 0 aromatic heterocycles. The van der Waals surface area contributed by atoms with E-state index in [1.807, 2.05) is 0 Å². The van der Waals surface area contributed by atoms with Crippen LogP contribution in [0, 0.1) is 0 Å². The average molecular weight is 945 g/mol. The minimum atomic E-state index is 1.08. The molecule has 2 heteroatoms. The molecule has 2 nitrogen and oxygen atoms in total. The van der Waals surface area contributed by atoms with Gasteiger partial charge in [0.25, 0.3) is 0 Å². The number of nitrogens with zero attached hydrogens (tertiary/aromatic N) is 2. The van der Waals surface area contributed by atoms with Gasteiger partial charge < -0.3 is 9.80 Å². The van der Waals surface area contributed by atoms with Gasteiger partial charge in [0.15, 0.2) is 0 Å². The lowest BCUT2D eigenvalue weighted by Gasteiger charge is -2.27. The molecule has 0 aliphatic carbocycles. The van der Waals surface area contributed by atoms with Crippen molar-refractivity contribution in [1.29, 1.82) is 0 Å². The molecule has 0 unspecified atom stereocenters. The topological polar surface area (TPSA) is 6.48 Å². The number of rotatable bonds is 13. The van der Waals surface area contributed by atoms with Crippen molar-refractivity contribution in [3.05, 3.63) is 315 Å². The zero-order valence-electron chi connectivity index (χ0n) is 40.9. The Labute approximate surface area is 435 Å². The highest BCUT2D eigenvalue weighted by molar-refractivity contribution is 5.84. The van der Waals surface area contributed by atoms with Crippen LogP contribution in [0.5, 0.6) is 0 Å². The first-order valence-electron chi connectivity index (χ1n) is 25.3. The van der Waals surface area contributed by atoms with Crippen molar-refractivity contribution >= 4 is 34.1 Å². The van der Waals surface area contributed by atoms with Gasteiger partial charge in [0.1, 0.15) is 0 Å². The van der Waals surface area contributed by atoms with Crippen LogP contribution >= 0.6 is 0 Å². The largest absolute Gasteiger partial charge is 0.311 e. The number of hydrogen-bond donors (Lipinski definition) is 0. The van der Waals surface area contributed by atoms with Gasteiger partial charge in [0, 0.05) is 34.1 Å². The maximum atomic E-state index is 2.35. The van der Waals surface area contributed by atoms with Crippen LogP contribution in [-0.2, 0) is 0 Å². The summed E-state index contributed by atoms with van der Waals surface area (Å²) in [5.41, 5.74) is 23.2. The van der Waals surface area contributed by atoms with Gasteiger partial charge in [-0.1, -0.05) is 231 Å². The maximum Gasteiger partial charge on any atom is 0.0462 e. The SMILES string of the molecule is c1ccc(-c2ccc(N(c3ccc(-c4ccc(N(c5ccc(-c6ccccc6)cc5)c5ccc(-c6cccc(-c7ccccc7)c6)cc5)cc4)cc3)c3ccc(-c4cccc(-c5ccccc5)c4)cc3)cc2)cc1. The van der Waals surface area contributed by atoms with E-state index in [9.17, 15) is 0 Å². The van der Waals surface area contributed by atoms with Crippen LogP contribution in [0.15, 0.2) is 315 Å². The fourth-order valence-corrected chi connectivity index (χ4v) is 9.99. The minimum Gasteiger partial charge on any atom is -0.311 e. The summed E-state index contributed by atoms with van der Waals surface area (Å²) in [4.78, 5) is 4.69. The third-order valence-corrected chi connectivity index (χ3v) is 13.9. The zero-order valence-corrected chi connectivity index (χ0v) is 40.9. The molecule has 12 aromatic carbocycles. The number of hydrogen-bond acceptors (Lipinski definition) is 2. The van der Waals surface area contributed by atoms with Crippen molar-refractivity contribution in [3.8, 4) is 77.9 Å². The standard InChI is InChI=1S/C72H52N2/c1-5-15-53(16-6-1)57-27-39-67(40-28-57)73(71-47-35-61(36-48-71)65-25-13-23-63(51-65)55-19-9-3-10-20-55)69-43-31-59(32-44-69)60-33-45-70(46-34-60)74(68-41-29-58(30-42-68)54-17-7-2-8-18-54)72-49-37-62(38-50-72)66-26-14-24-64(52-66)56-21-11-4-12-22-56/h1-52H. The van der Waals surface area contributed by atoms with E-state index in [2.05, 4.69) is 325 Å². The molecule has 350 valence electrons. The van der Waals surface area contributed by atoms with Gasteiger partial charge in [-0.25, -0.2) is 0 Å². The third-order valence-electron chi connectivity index (χ3n) is 13.9. The molecule has 0 N–H and O–H groups in total. The Morgan fingerprint density at radius 1 is 0.122 bits per heavy atom. The summed E-state index contributed by atoms with van der Waals surface area (Å²) in [5.74, 6) is 0. The van der Waals surface area contributed by atoms with Crippen LogP contribution < -0.4 is 9.80 Å². The second kappa shape index (κ2) is 20.9. The smallest absolute Gasteiger partial charge is 0.0462 e. The van der Waals surface area contributed by atoms with Crippen molar-refractivity contribution in [2.75, 3.05) is 9.80 Å². The van der Waals surface area contributed by atoms with Crippen LogP contribution in [0.3, 0.4) is 0 Å². The van der Waals surface area contributed by atoms with E-state index in [4.69, 9.17) is 0 Å². The Kier molecular flexibility index (Phi) is 12.8. The van der Waals surface area contributed by atoms with Crippen molar-refractivity contribution in [2.24, 2.45) is 0 Å². The first-order valence-corrected chi connectivity index (χ1v) is 25.3. The fraction of sp³-hybridized carbons (Fsp3) is 0. The molecule has 0 saturated heterocycles. The van der Waals surface area contributed by atoms with E-state index >= 15 is 0 Å². The Hall–Kier alpha value is -9.76. The van der Waals surface area contributed by atoms with E-state index in [1.165, 1.54) is 66.8 Å². The number of anilines is 6. The summed E-state index contributed by atoms with van der Waals surface area (Å²) in [6.07, 6.45) is 0. The van der Waals surface area contributed by atoms with E-state index < -0.39 is 0 Å². The molecule has 74 heavy (non-hydrogen) atoms. The Balaban J connectivity index is 0.849. The maximum absolute atomic E-state index is 2.35. The predicted octanol–water partition coefficient (Wildman–Crippen LogP) is 20.3. The zero-order chi connectivity index (χ0) is 49.5. The molecule has 0 aliphatic heterocycles. The second-order valence-corrected chi connectivity index (χ2v) is 18.6. The van der Waals surface area contributed by atoms with Crippen molar-refractivity contribution in [1.82, 2.24) is 0 Å². The van der Waals surface area contributed by atoms with Crippen molar-refractivity contribution < 1.29 is 0 Å². The highest BCUT2D eigenvalue weighted by atomic mass is 15.1. The average Bonchev–Trinajstić information content (AvgIpc) is 3.49. The molecule has 12 aromatic rings. The van der Waals surface area contributed by atoms with Crippen LogP contribution in [0.1, 0.15) is 0 Å². The second-order valence-electron chi connectivity index (χ2n) is 18.6. The van der Waals surface area contributed by atoms with Gasteiger partial charge in [-0.15, -0.1) is 0 Å². The summed E-state index contributed by atoms with van der Waals surface area (Å²) in [7, 11) is 0. The summed E-state index contributed by atoms with van der Waals surface area (Å²) in [6, 6.07) is 113. The highest BCUT2D eigenvalue weighted by Gasteiger charge is 2.17. The van der Waals surface area contributed by atoms with Crippen LogP contribution in [0.25, 0.3) is 77.9 Å². The molecule has 0 atom stereocenters. The van der Waals surface area contributed by atoms with Crippen molar-refractivity contribution in [2.45, 2.75) is 0 Å². The van der Waals surface area contributed by atoms with Gasteiger partial charge >= 0.3 is 0 Å². The highest BCUT2D eigenvalue weighted by Crippen LogP contribution is 2.41. The minimum absolute atomic E-state index is 1.08. The van der Waals surface area contributed by atoms with Gasteiger partial charge in [0.2, 0.25) is 0 Å². The number of benzene rings is 12. The molecule has 0 amide bonds. The molecular formula is C72H52N2. The van der Waals surface area contributed by atoms with Gasteiger partial charge in [-0.05, 0) is 163 Å². The van der Waals surface area contributed by atoms with Crippen LogP contribution in [0.2, 0.25) is 0 Å². The molecule has 0 fully saturated rings. The van der Waals surface area contributed by atoms with Gasteiger partial charge in [-0.2, -0.15) is 0 Å². The lowest BCUT2D eigenvalue weighted by molar-refractivity contribution is 1.28. The molecule has 0 radical (unpaired) electrons. The van der Waals surface area contributed by atoms with Crippen LogP contribution in [-0.4, -0.2) is 0 Å². The summed E-state index contributed by atoms with van der Waals surface area (Å²) in [6.45, 7) is 0. The first-order chi connectivity index (χ1) is 36.7. The molecule has 0 spiro atoms. The summed E-state index contributed by atoms with van der Waals surface area (Å²) >= 11 is 0. The Morgan fingerprint density at radius 2 is 0.270 bits per heavy atom. The molecule has 12 rings (SSSR count). The van der Waals surface area contributed by atoms with E-state index in [-0.39, 0.29) is 0 Å². The van der Waals surface area contributed by atoms with Crippen LogP contribution in [0.4, 0.5) is 34.1 Å². The lowest BCUT2D eigenvalue weighted by Crippen LogP contribution is -2.10. The molecular weight excluding hydrogens is 893 g/mol. The molecule has 0 aliphatic rings. The van der Waals surface area contributed by atoms with Crippen molar-refractivity contribution in [3.63, 3.8) is 0 Å². The lowest BCUT2D eigenvalue weighted by atomic mass is 9.98. The van der Waals surface area contributed by atoms with E-state index in [0.717, 1.165) is 45.3 Å². The van der Waals surface area contributed by atoms with Gasteiger partial charge in [-0.3, -0.25) is 0 Å². The molecule has 0 bridgehead atoms. The summed E-state index contributed by atoms with van der Waals surface area (Å²) in [5, 5.41) is 0. The Morgan fingerprint density at radius 3 is 0.473 bits per heavy atom. The van der Waals surface area contributed by atoms with Gasteiger partial charge in [0.05, 0.1) is 0 Å².